The lowest BCUT2D eigenvalue weighted by atomic mass is 10.2. The molecule has 2 aliphatic rings. The van der Waals surface area contributed by atoms with E-state index in [-0.39, 0.29) is 0 Å². The van der Waals surface area contributed by atoms with Crippen LogP contribution in [0, 0.1) is 0 Å². The minimum atomic E-state index is 0.980. The van der Waals surface area contributed by atoms with Crippen LogP contribution in [-0.4, -0.2) is 42.6 Å². The van der Waals surface area contributed by atoms with Crippen molar-refractivity contribution in [1.29, 1.82) is 0 Å². The molecule has 1 fully saturated rings. The van der Waals surface area contributed by atoms with Crippen molar-refractivity contribution < 1.29 is 0 Å². The third-order valence-electron chi connectivity index (χ3n) is 3.07. The van der Waals surface area contributed by atoms with Crippen LogP contribution in [0.5, 0.6) is 0 Å². The van der Waals surface area contributed by atoms with Crippen LogP contribution in [0.15, 0.2) is 29.3 Å². The highest BCUT2D eigenvalue weighted by atomic mass is 32.2. The van der Waals surface area contributed by atoms with Crippen molar-refractivity contribution in [3.8, 4) is 0 Å². The molecule has 1 saturated heterocycles. The molecule has 0 atom stereocenters. The molecule has 0 aliphatic carbocycles. The summed E-state index contributed by atoms with van der Waals surface area (Å²) < 4.78 is 0. The maximum Gasteiger partial charge on any atom is 0.183 e. The van der Waals surface area contributed by atoms with E-state index in [0.29, 0.717) is 0 Å². The second-order valence-electron chi connectivity index (χ2n) is 4.08. The number of fused-ring (bicyclic) bond motifs is 3. The van der Waals surface area contributed by atoms with Crippen LogP contribution < -0.4 is 10.3 Å². The number of anilines is 1. The summed E-state index contributed by atoms with van der Waals surface area (Å²) in [5.41, 5.74) is 2.30. The van der Waals surface area contributed by atoms with Crippen molar-refractivity contribution in [2.45, 2.75) is 0 Å². The number of para-hydroxylation sites is 2. The highest BCUT2D eigenvalue weighted by Gasteiger charge is 2.27. The molecule has 0 unspecified atom stereocenters. The van der Waals surface area contributed by atoms with Crippen LogP contribution in [0.4, 0.5) is 11.4 Å². The molecule has 0 saturated carbocycles. The summed E-state index contributed by atoms with van der Waals surface area (Å²) in [6.07, 6.45) is 2.09. The molecule has 1 aromatic rings. The van der Waals surface area contributed by atoms with Gasteiger partial charge in [0.05, 0.1) is 24.5 Å². The van der Waals surface area contributed by atoms with Crippen LogP contribution in [0.25, 0.3) is 0 Å². The van der Waals surface area contributed by atoms with E-state index < -0.39 is 0 Å². The molecule has 0 amide bonds. The predicted octanol–water partition coefficient (Wildman–Crippen LogP) is 1.68. The number of benzene rings is 1. The Labute approximate surface area is 106 Å². The summed E-state index contributed by atoms with van der Waals surface area (Å²) in [4.78, 5) is 4.73. The average Bonchev–Trinajstić information content (AvgIpc) is 2.63. The van der Waals surface area contributed by atoms with Gasteiger partial charge < -0.3 is 5.32 Å². The third kappa shape index (κ3) is 1.89. The Hall–Kier alpha value is -1.20. The SMILES string of the molecule is CSC1=Nc2ccccc2N2CCNCCN12. The number of hydrogen-bond donors (Lipinski definition) is 1. The Morgan fingerprint density at radius 2 is 1.94 bits per heavy atom. The molecular weight excluding hydrogens is 232 g/mol. The zero-order chi connectivity index (χ0) is 11.7. The molecule has 0 radical (unpaired) electrons. The van der Waals surface area contributed by atoms with Crippen molar-refractivity contribution in [2.24, 2.45) is 4.99 Å². The molecular formula is C12H16N4S. The van der Waals surface area contributed by atoms with Crippen LogP contribution in [-0.2, 0) is 0 Å². The minimum absolute atomic E-state index is 0.980. The lowest BCUT2D eigenvalue weighted by molar-refractivity contribution is 0.417. The molecule has 2 aliphatic heterocycles. The maximum absolute atomic E-state index is 4.73. The van der Waals surface area contributed by atoms with E-state index in [2.05, 4.69) is 39.8 Å². The first-order valence-corrected chi connectivity index (χ1v) is 7.10. The van der Waals surface area contributed by atoms with Gasteiger partial charge in [-0.2, -0.15) is 0 Å². The van der Waals surface area contributed by atoms with E-state index in [1.54, 1.807) is 11.8 Å². The first-order chi connectivity index (χ1) is 8.40. The summed E-state index contributed by atoms with van der Waals surface area (Å²) in [6.45, 7) is 4.01. The molecule has 5 heteroatoms. The molecule has 1 aromatic carbocycles. The molecule has 90 valence electrons. The summed E-state index contributed by atoms with van der Waals surface area (Å²) in [6, 6.07) is 8.36. The van der Waals surface area contributed by atoms with E-state index in [9.17, 15) is 0 Å². The normalized spacial score (nSPS) is 19.2. The summed E-state index contributed by atoms with van der Waals surface area (Å²) in [5, 5.41) is 9.15. The summed E-state index contributed by atoms with van der Waals surface area (Å²) in [5.74, 6) is 0. The second-order valence-corrected chi connectivity index (χ2v) is 4.86. The summed E-state index contributed by atoms with van der Waals surface area (Å²) in [7, 11) is 0. The summed E-state index contributed by atoms with van der Waals surface area (Å²) >= 11 is 1.71. The fraction of sp³-hybridized carbons (Fsp3) is 0.417. The average molecular weight is 248 g/mol. The van der Waals surface area contributed by atoms with Crippen LogP contribution in [0.2, 0.25) is 0 Å². The smallest absolute Gasteiger partial charge is 0.183 e. The van der Waals surface area contributed by atoms with Crippen LogP contribution in [0.1, 0.15) is 0 Å². The number of nitrogens with zero attached hydrogens (tertiary/aromatic N) is 3. The van der Waals surface area contributed by atoms with E-state index >= 15 is 0 Å². The Kier molecular flexibility index (Phi) is 2.94. The van der Waals surface area contributed by atoms with Gasteiger partial charge >= 0.3 is 0 Å². The van der Waals surface area contributed by atoms with Gasteiger partial charge in [0.15, 0.2) is 5.17 Å². The highest BCUT2D eigenvalue weighted by Crippen LogP contribution is 2.35. The minimum Gasteiger partial charge on any atom is -0.313 e. The van der Waals surface area contributed by atoms with Gasteiger partial charge in [-0.05, 0) is 18.4 Å². The fourth-order valence-corrected chi connectivity index (χ4v) is 2.86. The maximum atomic E-state index is 4.73. The second kappa shape index (κ2) is 4.58. The molecule has 17 heavy (non-hydrogen) atoms. The number of hydrazine groups is 1. The zero-order valence-electron chi connectivity index (χ0n) is 9.89. The predicted molar refractivity (Wildman–Crippen MR) is 74.0 cm³/mol. The van der Waals surface area contributed by atoms with Gasteiger partial charge in [-0.1, -0.05) is 23.9 Å². The Morgan fingerprint density at radius 3 is 2.76 bits per heavy atom. The van der Waals surface area contributed by atoms with Crippen molar-refractivity contribution >= 4 is 28.3 Å². The van der Waals surface area contributed by atoms with Crippen molar-refractivity contribution in [1.82, 2.24) is 10.3 Å². The molecule has 2 heterocycles. The first-order valence-electron chi connectivity index (χ1n) is 5.87. The van der Waals surface area contributed by atoms with Crippen molar-refractivity contribution in [2.75, 3.05) is 37.4 Å². The Morgan fingerprint density at radius 1 is 1.18 bits per heavy atom. The standard InChI is InChI=1S/C12H16N4S/c1-17-12-14-10-4-2-3-5-11(10)15-8-6-13-7-9-16(12)15/h2-5,13H,6-9H2,1H3. The number of rotatable bonds is 0. The molecule has 0 aromatic heterocycles. The Balaban J connectivity index is 2.07. The van der Waals surface area contributed by atoms with E-state index in [4.69, 9.17) is 4.99 Å². The van der Waals surface area contributed by atoms with E-state index in [1.807, 2.05) is 6.07 Å². The Bertz CT molecular complexity index is 446. The molecule has 0 bridgehead atoms. The zero-order valence-corrected chi connectivity index (χ0v) is 10.7. The van der Waals surface area contributed by atoms with E-state index in [0.717, 1.165) is 37.0 Å². The van der Waals surface area contributed by atoms with Gasteiger partial charge in [-0.25, -0.2) is 4.99 Å². The third-order valence-corrected chi connectivity index (χ3v) is 3.74. The van der Waals surface area contributed by atoms with Gasteiger partial charge in [-0.3, -0.25) is 10.0 Å². The lowest BCUT2D eigenvalue weighted by Crippen LogP contribution is -2.48. The molecule has 4 nitrogen and oxygen atoms in total. The lowest BCUT2D eigenvalue weighted by Gasteiger charge is -2.39. The van der Waals surface area contributed by atoms with Crippen LogP contribution >= 0.6 is 11.8 Å². The largest absolute Gasteiger partial charge is 0.313 e. The highest BCUT2D eigenvalue weighted by molar-refractivity contribution is 8.13. The van der Waals surface area contributed by atoms with E-state index in [1.165, 1.54) is 5.69 Å². The molecule has 1 N–H and O–H groups in total. The molecule has 0 spiro atoms. The number of amidine groups is 1. The first kappa shape index (κ1) is 10.9. The quantitative estimate of drug-likeness (QED) is 0.757. The van der Waals surface area contributed by atoms with Crippen molar-refractivity contribution in [3.05, 3.63) is 24.3 Å². The van der Waals surface area contributed by atoms with Gasteiger partial charge in [0.25, 0.3) is 0 Å². The van der Waals surface area contributed by atoms with Gasteiger partial charge in [0, 0.05) is 13.1 Å². The fourth-order valence-electron chi connectivity index (χ4n) is 2.27. The van der Waals surface area contributed by atoms with Gasteiger partial charge in [0.2, 0.25) is 0 Å². The van der Waals surface area contributed by atoms with Gasteiger partial charge in [-0.15, -0.1) is 0 Å². The number of thioether (sulfide) groups is 1. The van der Waals surface area contributed by atoms with Crippen LogP contribution in [0.3, 0.4) is 0 Å². The number of nitrogens with one attached hydrogen (secondary N) is 1. The monoisotopic (exact) mass is 248 g/mol. The number of aliphatic imine (C=N–C) groups is 1. The molecule has 3 rings (SSSR count). The number of hydrogen-bond acceptors (Lipinski definition) is 5. The van der Waals surface area contributed by atoms with Crippen molar-refractivity contribution in [3.63, 3.8) is 0 Å². The topological polar surface area (TPSA) is 30.9 Å². The van der Waals surface area contributed by atoms with Gasteiger partial charge in [0.1, 0.15) is 0 Å².